The summed E-state index contributed by atoms with van der Waals surface area (Å²) >= 11 is 0. The monoisotopic (exact) mass is 186 g/mol. The molecule has 0 heterocycles. The zero-order valence-corrected chi connectivity index (χ0v) is 6.96. The van der Waals surface area contributed by atoms with Crippen LogP contribution >= 0.6 is 0 Å². The van der Waals surface area contributed by atoms with Crippen LogP contribution < -0.4 is 0 Å². The molecule has 0 aliphatic rings. The molecule has 0 spiro atoms. The maximum atomic E-state index is 9.66. The lowest BCUT2D eigenvalue weighted by molar-refractivity contribution is -0.134. The van der Waals surface area contributed by atoms with Crippen molar-refractivity contribution in [2.24, 2.45) is 0 Å². The van der Waals surface area contributed by atoms with Gasteiger partial charge in [-0.2, -0.15) is 8.42 Å². The van der Waals surface area contributed by atoms with E-state index in [1.165, 1.54) is 7.11 Å². The first-order valence-corrected chi connectivity index (χ1v) is 4.04. The summed E-state index contributed by atoms with van der Waals surface area (Å²) in [4.78, 5) is 9.00. The fourth-order valence-corrected chi connectivity index (χ4v) is 0.447. The molecule has 0 aromatic rings. The molecule has 0 aromatic heterocycles. The van der Waals surface area contributed by atoms with Gasteiger partial charge in [0, 0.05) is 14.0 Å². The Balaban J connectivity index is 0. The van der Waals surface area contributed by atoms with E-state index >= 15 is 0 Å². The fraction of sp³-hybridized carbons (Fsp3) is 0.750. The summed E-state index contributed by atoms with van der Waals surface area (Å²) in [5, 5.41) is 7.42. The van der Waals surface area contributed by atoms with Crippen molar-refractivity contribution in [1.29, 1.82) is 0 Å². The van der Waals surface area contributed by atoms with Gasteiger partial charge in [-0.05, 0) is 0 Å². The van der Waals surface area contributed by atoms with Crippen LogP contribution in [0.2, 0.25) is 0 Å². The van der Waals surface area contributed by atoms with Crippen molar-refractivity contribution < 1.29 is 27.6 Å². The number of rotatable bonds is 2. The zero-order valence-electron chi connectivity index (χ0n) is 6.14. The minimum absolute atomic E-state index is 0.632. The van der Waals surface area contributed by atoms with E-state index in [0.29, 0.717) is 0 Å². The van der Waals surface area contributed by atoms with Crippen molar-refractivity contribution in [1.82, 2.24) is 0 Å². The average Bonchev–Trinajstić information content (AvgIpc) is 1.58. The van der Waals surface area contributed by atoms with Gasteiger partial charge in [0.1, 0.15) is 0 Å². The van der Waals surface area contributed by atoms with Crippen molar-refractivity contribution in [2.45, 2.75) is 6.92 Å². The predicted molar refractivity (Wildman–Crippen MR) is 36.7 cm³/mol. The van der Waals surface area contributed by atoms with E-state index in [1.807, 2.05) is 0 Å². The molecule has 68 valence electrons. The molecule has 0 amide bonds. The van der Waals surface area contributed by atoms with Gasteiger partial charge in [-0.1, -0.05) is 0 Å². The van der Waals surface area contributed by atoms with E-state index in [9.17, 15) is 8.42 Å². The van der Waals surface area contributed by atoms with Gasteiger partial charge in [0.05, 0.1) is 0 Å². The number of hydrogen-bond donors (Lipinski definition) is 2. The number of methoxy groups -OCH3 is 1. The van der Waals surface area contributed by atoms with Crippen LogP contribution in [0, 0.1) is 0 Å². The molecule has 0 aliphatic heterocycles. The summed E-state index contributed by atoms with van der Waals surface area (Å²) in [5.74, 6) is -1.47. The lowest BCUT2D eigenvalue weighted by Gasteiger charge is -1.88. The van der Waals surface area contributed by atoms with Gasteiger partial charge in [0.25, 0.3) is 16.1 Å². The van der Waals surface area contributed by atoms with Crippen LogP contribution in [0.1, 0.15) is 6.92 Å². The van der Waals surface area contributed by atoms with Crippen molar-refractivity contribution in [3.63, 3.8) is 0 Å². The Kier molecular flexibility index (Phi) is 7.16. The van der Waals surface area contributed by atoms with Gasteiger partial charge in [-0.25, -0.2) is 0 Å². The molecule has 6 nitrogen and oxygen atoms in total. The summed E-state index contributed by atoms with van der Waals surface area (Å²) in [6.07, 6.45) is 0. The quantitative estimate of drug-likeness (QED) is 0.567. The summed E-state index contributed by atoms with van der Waals surface area (Å²) in [7, 11) is -2.71. The van der Waals surface area contributed by atoms with Crippen LogP contribution in [0.3, 0.4) is 0 Å². The SMILES string of the molecule is CC(=O)O.COCS(=O)(=O)O. The second kappa shape index (κ2) is 6.08. The minimum Gasteiger partial charge on any atom is -0.481 e. The summed E-state index contributed by atoms with van der Waals surface area (Å²) in [6.45, 7) is 1.08. The van der Waals surface area contributed by atoms with E-state index in [2.05, 4.69) is 4.74 Å². The van der Waals surface area contributed by atoms with E-state index in [1.54, 1.807) is 0 Å². The largest absolute Gasteiger partial charge is 0.481 e. The van der Waals surface area contributed by atoms with E-state index in [4.69, 9.17) is 14.5 Å². The number of carbonyl (C=O) groups is 1. The van der Waals surface area contributed by atoms with Gasteiger partial charge in [0.2, 0.25) is 0 Å². The van der Waals surface area contributed by atoms with E-state index in [-0.39, 0.29) is 0 Å². The first-order valence-electron chi connectivity index (χ1n) is 2.43. The molecule has 0 fully saturated rings. The maximum Gasteiger partial charge on any atom is 0.300 e. The van der Waals surface area contributed by atoms with Crippen molar-refractivity contribution >= 4 is 16.1 Å². The standard InChI is InChI=1S/C2H6O4S.C2H4O2/c1-6-2-7(3,4)5;1-2(3)4/h2H2,1H3,(H,3,4,5);1H3,(H,3,4). The molecule has 0 aliphatic carbocycles. The van der Waals surface area contributed by atoms with Crippen molar-refractivity contribution in [3.05, 3.63) is 0 Å². The first kappa shape index (κ1) is 13.0. The van der Waals surface area contributed by atoms with Crippen LogP contribution in [0.15, 0.2) is 0 Å². The van der Waals surface area contributed by atoms with Gasteiger partial charge in [0.15, 0.2) is 5.94 Å². The molecule has 0 saturated heterocycles. The summed E-state index contributed by atoms with van der Waals surface area (Å²) < 4.78 is 31.3. The highest BCUT2D eigenvalue weighted by Crippen LogP contribution is 1.78. The van der Waals surface area contributed by atoms with Gasteiger partial charge >= 0.3 is 0 Å². The van der Waals surface area contributed by atoms with Crippen molar-refractivity contribution in [2.75, 3.05) is 13.0 Å². The molecule has 0 aromatic carbocycles. The van der Waals surface area contributed by atoms with E-state index < -0.39 is 22.0 Å². The zero-order chi connectivity index (χ0) is 9.49. The normalized spacial score (nSPS) is 9.73. The molecule has 2 N–H and O–H groups in total. The van der Waals surface area contributed by atoms with E-state index in [0.717, 1.165) is 6.92 Å². The molecular formula is C4H10O6S. The third-order valence-corrected chi connectivity index (χ3v) is 0.800. The summed E-state index contributed by atoms with van der Waals surface area (Å²) in [6, 6.07) is 0. The Morgan fingerprint density at radius 3 is 1.82 bits per heavy atom. The third-order valence-electron chi connectivity index (χ3n) is 0.267. The molecule has 0 radical (unpaired) electrons. The number of hydrogen-bond acceptors (Lipinski definition) is 4. The minimum atomic E-state index is -3.90. The Labute approximate surface area is 64.5 Å². The number of aliphatic carboxylic acids is 1. The highest BCUT2D eigenvalue weighted by atomic mass is 32.2. The van der Waals surface area contributed by atoms with Crippen LogP contribution in [-0.4, -0.2) is 37.1 Å². The van der Waals surface area contributed by atoms with Crippen LogP contribution in [0.25, 0.3) is 0 Å². The Morgan fingerprint density at radius 2 is 1.82 bits per heavy atom. The molecule has 0 unspecified atom stereocenters. The van der Waals surface area contributed by atoms with Gasteiger partial charge in [-0.3, -0.25) is 9.35 Å². The number of carboxylic acid groups (broad SMARTS) is 1. The van der Waals surface area contributed by atoms with Crippen LogP contribution in [0.4, 0.5) is 0 Å². The fourth-order valence-electron chi connectivity index (χ4n) is 0.149. The van der Waals surface area contributed by atoms with Gasteiger partial charge < -0.3 is 9.84 Å². The Hall–Kier alpha value is -0.660. The third kappa shape index (κ3) is 45.1. The second-order valence-corrected chi connectivity index (χ2v) is 2.91. The molecule has 0 rings (SSSR count). The molecular weight excluding hydrogens is 176 g/mol. The first-order chi connectivity index (χ1) is 4.79. The summed E-state index contributed by atoms with van der Waals surface area (Å²) in [5.41, 5.74) is 0. The molecule has 0 bridgehead atoms. The van der Waals surface area contributed by atoms with Crippen LogP contribution in [-0.2, 0) is 19.6 Å². The molecule has 7 heteroatoms. The maximum absolute atomic E-state index is 9.66. The smallest absolute Gasteiger partial charge is 0.300 e. The molecule has 0 saturated carbocycles. The molecule has 11 heavy (non-hydrogen) atoms. The Morgan fingerprint density at radius 1 is 1.55 bits per heavy atom. The highest BCUT2D eigenvalue weighted by Gasteiger charge is 1.98. The second-order valence-electron chi connectivity index (χ2n) is 1.51. The lowest BCUT2D eigenvalue weighted by atomic mass is 10.9. The Bertz CT molecular complexity index is 189. The average molecular weight is 186 g/mol. The highest BCUT2D eigenvalue weighted by molar-refractivity contribution is 7.85. The topological polar surface area (TPSA) is 101 Å². The predicted octanol–water partition coefficient (Wildman–Crippen LogP) is -0.431. The molecule has 0 atom stereocenters. The van der Waals surface area contributed by atoms with Gasteiger partial charge in [-0.15, -0.1) is 0 Å². The number of carboxylic acids is 1. The van der Waals surface area contributed by atoms with Crippen molar-refractivity contribution in [3.8, 4) is 0 Å². The number of ether oxygens (including phenoxy) is 1. The lowest BCUT2D eigenvalue weighted by Crippen LogP contribution is -2.04. The van der Waals surface area contributed by atoms with Crippen LogP contribution in [0.5, 0.6) is 0 Å².